The molecule has 0 bridgehead atoms. The lowest BCUT2D eigenvalue weighted by molar-refractivity contribution is -0.123. The molecule has 6 heteroatoms. The Morgan fingerprint density at radius 3 is 2.69 bits per heavy atom. The van der Waals surface area contributed by atoms with Crippen LogP contribution < -0.4 is 4.74 Å². The van der Waals surface area contributed by atoms with E-state index in [1.165, 1.54) is 4.90 Å². The number of benzene rings is 2. The quantitative estimate of drug-likeness (QED) is 0.672. The molecule has 1 heterocycles. The van der Waals surface area contributed by atoms with Crippen LogP contribution >= 0.6 is 23.4 Å². The minimum absolute atomic E-state index is 0.206. The number of carbonyl (C=O) groups is 2. The molecule has 0 saturated carbocycles. The number of nitrogens with zero attached hydrogens (tertiary/aromatic N) is 1. The Morgan fingerprint density at radius 1 is 1.15 bits per heavy atom. The summed E-state index contributed by atoms with van der Waals surface area (Å²) in [5.41, 5.74) is 2.83. The van der Waals surface area contributed by atoms with Gasteiger partial charge in [-0.25, -0.2) is 0 Å². The summed E-state index contributed by atoms with van der Waals surface area (Å²) < 4.78 is 5.75. The monoisotopic (exact) mass is 387 g/mol. The van der Waals surface area contributed by atoms with Crippen molar-refractivity contribution in [3.8, 4) is 5.75 Å². The van der Waals surface area contributed by atoms with Crippen molar-refractivity contribution in [3.05, 3.63) is 69.1 Å². The Labute approximate surface area is 161 Å². The molecular formula is C20H18ClNO3S. The van der Waals surface area contributed by atoms with Crippen molar-refractivity contribution in [2.75, 3.05) is 13.2 Å². The summed E-state index contributed by atoms with van der Waals surface area (Å²) in [5, 5.41) is 0.246. The minimum atomic E-state index is -0.315. The Kier molecular flexibility index (Phi) is 5.69. The van der Waals surface area contributed by atoms with Gasteiger partial charge in [-0.3, -0.25) is 14.5 Å². The molecule has 0 N–H and O–H groups in total. The molecule has 4 nitrogen and oxygen atoms in total. The number of halogens is 1. The van der Waals surface area contributed by atoms with E-state index in [1.807, 2.05) is 44.2 Å². The summed E-state index contributed by atoms with van der Waals surface area (Å²) in [6.45, 7) is 4.41. The first kappa shape index (κ1) is 18.5. The zero-order chi connectivity index (χ0) is 18.7. The van der Waals surface area contributed by atoms with Crippen LogP contribution in [0.4, 0.5) is 4.79 Å². The average molecular weight is 388 g/mol. The highest BCUT2D eigenvalue weighted by molar-refractivity contribution is 8.18. The highest BCUT2D eigenvalue weighted by Crippen LogP contribution is 2.33. The van der Waals surface area contributed by atoms with Gasteiger partial charge < -0.3 is 4.74 Å². The van der Waals surface area contributed by atoms with E-state index in [1.54, 1.807) is 18.2 Å². The normalized spacial score (nSPS) is 15.8. The van der Waals surface area contributed by atoms with Crippen molar-refractivity contribution in [1.29, 1.82) is 0 Å². The number of rotatable bonds is 5. The molecular weight excluding hydrogens is 370 g/mol. The smallest absolute Gasteiger partial charge is 0.293 e. The predicted octanol–water partition coefficient (Wildman–Crippen LogP) is 5.07. The topological polar surface area (TPSA) is 46.6 Å². The fourth-order valence-electron chi connectivity index (χ4n) is 2.54. The number of amides is 2. The summed E-state index contributed by atoms with van der Waals surface area (Å²) in [5.74, 6) is 0.452. The van der Waals surface area contributed by atoms with E-state index in [0.717, 1.165) is 28.6 Å². The zero-order valence-corrected chi connectivity index (χ0v) is 16.1. The van der Waals surface area contributed by atoms with E-state index in [9.17, 15) is 9.59 Å². The SMILES string of the molecule is Cc1ccc(C)c(OCCN2C(=O)S/C(=C\c3ccccc3Cl)C2=O)c1. The van der Waals surface area contributed by atoms with Gasteiger partial charge in [-0.05, 0) is 60.5 Å². The summed E-state index contributed by atoms with van der Waals surface area (Å²) in [4.78, 5) is 26.3. The molecule has 2 aromatic rings. The van der Waals surface area contributed by atoms with Gasteiger partial charge in [0.15, 0.2) is 0 Å². The third kappa shape index (κ3) is 4.11. The first-order valence-corrected chi connectivity index (χ1v) is 9.35. The Morgan fingerprint density at radius 2 is 1.92 bits per heavy atom. The maximum Gasteiger partial charge on any atom is 0.293 e. The van der Waals surface area contributed by atoms with Gasteiger partial charge in [0.2, 0.25) is 0 Å². The fraction of sp³-hybridized carbons (Fsp3) is 0.200. The molecule has 2 aromatic carbocycles. The van der Waals surface area contributed by atoms with Gasteiger partial charge in [0, 0.05) is 5.02 Å². The molecule has 26 heavy (non-hydrogen) atoms. The zero-order valence-electron chi connectivity index (χ0n) is 14.5. The van der Waals surface area contributed by atoms with Crippen molar-refractivity contribution in [2.45, 2.75) is 13.8 Å². The van der Waals surface area contributed by atoms with Gasteiger partial charge in [0.25, 0.3) is 11.1 Å². The summed E-state index contributed by atoms with van der Waals surface area (Å²) in [6.07, 6.45) is 1.65. The molecule has 0 unspecified atom stereocenters. The summed E-state index contributed by atoms with van der Waals surface area (Å²) in [6, 6.07) is 13.1. The largest absolute Gasteiger partial charge is 0.491 e. The minimum Gasteiger partial charge on any atom is -0.491 e. The molecule has 1 aliphatic heterocycles. The van der Waals surface area contributed by atoms with E-state index < -0.39 is 0 Å². The van der Waals surface area contributed by atoms with Gasteiger partial charge in [-0.15, -0.1) is 0 Å². The number of aryl methyl sites for hydroxylation is 2. The van der Waals surface area contributed by atoms with Crippen LogP contribution in [0.25, 0.3) is 6.08 Å². The van der Waals surface area contributed by atoms with E-state index in [0.29, 0.717) is 15.5 Å². The second kappa shape index (κ2) is 7.98. The first-order valence-electron chi connectivity index (χ1n) is 8.15. The maximum atomic E-state index is 12.5. The van der Waals surface area contributed by atoms with Gasteiger partial charge in [-0.2, -0.15) is 0 Å². The molecule has 0 aromatic heterocycles. The fourth-order valence-corrected chi connectivity index (χ4v) is 3.58. The lowest BCUT2D eigenvalue weighted by Gasteiger charge is -2.14. The van der Waals surface area contributed by atoms with Crippen LogP contribution in [-0.2, 0) is 4.79 Å². The van der Waals surface area contributed by atoms with Gasteiger partial charge >= 0.3 is 0 Å². The number of carbonyl (C=O) groups excluding carboxylic acids is 2. The van der Waals surface area contributed by atoms with Crippen LogP contribution in [0.15, 0.2) is 47.4 Å². The van der Waals surface area contributed by atoms with Crippen LogP contribution in [0.2, 0.25) is 5.02 Å². The molecule has 0 atom stereocenters. The van der Waals surface area contributed by atoms with Gasteiger partial charge in [0.1, 0.15) is 12.4 Å². The third-order valence-corrected chi connectivity index (χ3v) is 5.23. The molecule has 1 saturated heterocycles. The van der Waals surface area contributed by atoms with E-state index >= 15 is 0 Å². The van der Waals surface area contributed by atoms with Crippen LogP contribution in [0.1, 0.15) is 16.7 Å². The average Bonchev–Trinajstić information content (AvgIpc) is 2.87. The van der Waals surface area contributed by atoms with Crippen molar-refractivity contribution >= 4 is 40.6 Å². The predicted molar refractivity (Wildman–Crippen MR) is 106 cm³/mol. The van der Waals surface area contributed by atoms with Crippen LogP contribution in [0.3, 0.4) is 0 Å². The van der Waals surface area contributed by atoms with Crippen LogP contribution in [-0.4, -0.2) is 29.2 Å². The van der Waals surface area contributed by atoms with Crippen LogP contribution in [0, 0.1) is 13.8 Å². The number of thioether (sulfide) groups is 1. The Balaban J connectivity index is 1.66. The van der Waals surface area contributed by atoms with Crippen LogP contribution in [0.5, 0.6) is 5.75 Å². The van der Waals surface area contributed by atoms with Crippen molar-refractivity contribution in [3.63, 3.8) is 0 Å². The third-order valence-electron chi connectivity index (χ3n) is 3.98. The Hall–Kier alpha value is -2.24. The number of hydrogen-bond donors (Lipinski definition) is 0. The highest BCUT2D eigenvalue weighted by Gasteiger charge is 2.34. The van der Waals surface area contributed by atoms with Gasteiger partial charge in [0.05, 0.1) is 11.4 Å². The lowest BCUT2D eigenvalue weighted by Crippen LogP contribution is -2.32. The number of imide groups is 1. The van der Waals surface area contributed by atoms with Crippen molar-refractivity contribution in [1.82, 2.24) is 4.90 Å². The Bertz CT molecular complexity index is 894. The standard InChI is InChI=1S/C20H18ClNO3S/c1-13-7-8-14(2)17(11-13)25-10-9-22-19(23)18(26-20(22)24)12-15-5-3-4-6-16(15)21/h3-8,11-12H,9-10H2,1-2H3/b18-12-. The van der Waals surface area contributed by atoms with E-state index in [-0.39, 0.29) is 24.3 Å². The maximum absolute atomic E-state index is 12.5. The molecule has 3 rings (SSSR count). The highest BCUT2D eigenvalue weighted by atomic mass is 35.5. The summed E-state index contributed by atoms with van der Waals surface area (Å²) >= 11 is 7.04. The van der Waals surface area contributed by atoms with E-state index in [4.69, 9.17) is 16.3 Å². The second-order valence-corrected chi connectivity index (χ2v) is 7.37. The van der Waals surface area contributed by atoms with Gasteiger partial charge in [-0.1, -0.05) is 41.9 Å². The molecule has 1 fully saturated rings. The molecule has 0 spiro atoms. The van der Waals surface area contributed by atoms with Crippen molar-refractivity contribution < 1.29 is 14.3 Å². The number of ether oxygens (including phenoxy) is 1. The molecule has 2 amide bonds. The summed E-state index contributed by atoms with van der Waals surface area (Å²) in [7, 11) is 0. The van der Waals surface area contributed by atoms with Crippen molar-refractivity contribution in [2.24, 2.45) is 0 Å². The second-order valence-electron chi connectivity index (χ2n) is 5.97. The van der Waals surface area contributed by atoms with E-state index in [2.05, 4.69) is 0 Å². The molecule has 134 valence electrons. The molecule has 0 aliphatic carbocycles. The lowest BCUT2D eigenvalue weighted by atomic mass is 10.1. The molecule has 1 aliphatic rings. The first-order chi connectivity index (χ1) is 12.5. The molecule has 0 radical (unpaired) electrons. The number of hydrogen-bond acceptors (Lipinski definition) is 4.